The molecular weight excluding hydrogens is 300 g/mol. The molecule has 1 amide bonds. The van der Waals surface area contributed by atoms with Gasteiger partial charge in [0.15, 0.2) is 5.96 Å². The van der Waals surface area contributed by atoms with Gasteiger partial charge in [0.2, 0.25) is 5.91 Å². The fourth-order valence-electron chi connectivity index (χ4n) is 2.81. The van der Waals surface area contributed by atoms with Gasteiger partial charge in [-0.3, -0.25) is 9.79 Å². The van der Waals surface area contributed by atoms with E-state index in [2.05, 4.69) is 41.6 Å². The highest BCUT2D eigenvalue weighted by Gasteiger charge is 2.22. The molecule has 5 heteroatoms. The second kappa shape index (κ2) is 9.96. The summed E-state index contributed by atoms with van der Waals surface area (Å²) in [6.07, 6.45) is 3.65. The van der Waals surface area contributed by atoms with Gasteiger partial charge in [-0.1, -0.05) is 37.6 Å². The first kappa shape index (κ1) is 18.3. The van der Waals surface area contributed by atoms with Crippen LogP contribution in [0.25, 0.3) is 0 Å². The van der Waals surface area contributed by atoms with Crippen molar-refractivity contribution in [3.05, 3.63) is 35.4 Å². The highest BCUT2D eigenvalue weighted by molar-refractivity contribution is 5.80. The van der Waals surface area contributed by atoms with Crippen molar-refractivity contribution in [2.75, 3.05) is 19.6 Å². The molecular formula is C19H30N4O. The summed E-state index contributed by atoms with van der Waals surface area (Å²) in [6.45, 7) is 8.20. The summed E-state index contributed by atoms with van der Waals surface area (Å²) >= 11 is 0. The first-order valence-electron chi connectivity index (χ1n) is 9.11. The minimum atomic E-state index is 0.227. The molecule has 0 saturated carbocycles. The van der Waals surface area contributed by atoms with E-state index < -0.39 is 0 Å². The largest absolute Gasteiger partial charge is 0.357 e. The Balaban J connectivity index is 1.71. The van der Waals surface area contributed by atoms with Gasteiger partial charge in [-0.25, -0.2) is 0 Å². The first-order valence-corrected chi connectivity index (χ1v) is 9.11. The third-order valence-electron chi connectivity index (χ3n) is 4.18. The van der Waals surface area contributed by atoms with Crippen LogP contribution in [0.1, 0.15) is 50.7 Å². The summed E-state index contributed by atoms with van der Waals surface area (Å²) in [5, 5.41) is 6.56. The molecule has 5 nitrogen and oxygen atoms in total. The number of fused-ring (bicyclic) bond motifs is 1. The van der Waals surface area contributed by atoms with E-state index in [1.54, 1.807) is 0 Å². The van der Waals surface area contributed by atoms with E-state index in [1.165, 1.54) is 17.5 Å². The Morgan fingerprint density at radius 1 is 1.12 bits per heavy atom. The van der Waals surface area contributed by atoms with E-state index in [9.17, 15) is 4.79 Å². The van der Waals surface area contributed by atoms with Crippen LogP contribution in [0.4, 0.5) is 0 Å². The minimum absolute atomic E-state index is 0.227. The summed E-state index contributed by atoms with van der Waals surface area (Å²) in [6, 6.07) is 8.29. The number of carbonyl (C=O) groups is 1. The molecule has 2 rings (SSSR count). The quantitative estimate of drug-likeness (QED) is 0.438. The topological polar surface area (TPSA) is 56.7 Å². The van der Waals surface area contributed by atoms with E-state index in [0.29, 0.717) is 13.0 Å². The van der Waals surface area contributed by atoms with E-state index in [1.807, 2.05) is 17.0 Å². The van der Waals surface area contributed by atoms with Gasteiger partial charge in [0.1, 0.15) is 0 Å². The fraction of sp³-hybridized carbons (Fsp3) is 0.579. The van der Waals surface area contributed by atoms with Gasteiger partial charge in [-0.05, 0) is 30.9 Å². The molecule has 0 spiro atoms. The van der Waals surface area contributed by atoms with Gasteiger partial charge in [0, 0.05) is 39.1 Å². The van der Waals surface area contributed by atoms with Crippen LogP contribution in [0.3, 0.4) is 0 Å². The third-order valence-corrected chi connectivity index (χ3v) is 4.18. The Hall–Kier alpha value is -2.04. The maximum atomic E-state index is 12.3. The summed E-state index contributed by atoms with van der Waals surface area (Å²) in [7, 11) is 0. The molecule has 0 bridgehead atoms. The monoisotopic (exact) mass is 330 g/mol. The number of benzene rings is 1. The maximum absolute atomic E-state index is 12.3. The number of nitrogens with one attached hydrogen (secondary N) is 2. The molecule has 1 aromatic rings. The predicted octanol–water partition coefficient (Wildman–Crippen LogP) is 2.66. The molecule has 24 heavy (non-hydrogen) atoms. The van der Waals surface area contributed by atoms with Crippen LogP contribution in [0, 0.1) is 0 Å². The Bertz CT molecular complexity index is 531. The van der Waals surface area contributed by atoms with E-state index in [4.69, 9.17) is 0 Å². The van der Waals surface area contributed by atoms with Crippen molar-refractivity contribution in [3.63, 3.8) is 0 Å². The van der Waals surface area contributed by atoms with Gasteiger partial charge in [0.25, 0.3) is 0 Å². The van der Waals surface area contributed by atoms with Crippen LogP contribution >= 0.6 is 0 Å². The highest BCUT2D eigenvalue weighted by Crippen LogP contribution is 2.22. The molecule has 132 valence electrons. The number of amides is 1. The van der Waals surface area contributed by atoms with E-state index >= 15 is 0 Å². The van der Waals surface area contributed by atoms with Gasteiger partial charge in [-0.15, -0.1) is 0 Å². The molecule has 0 radical (unpaired) electrons. The van der Waals surface area contributed by atoms with Crippen molar-refractivity contribution < 1.29 is 4.79 Å². The second-order valence-electron chi connectivity index (χ2n) is 6.16. The molecule has 0 unspecified atom stereocenters. The van der Waals surface area contributed by atoms with Crippen molar-refractivity contribution >= 4 is 11.9 Å². The lowest BCUT2D eigenvalue weighted by molar-refractivity contribution is -0.131. The molecule has 1 aliphatic rings. The van der Waals surface area contributed by atoms with Crippen LogP contribution in [-0.2, 0) is 17.9 Å². The Morgan fingerprint density at radius 2 is 1.83 bits per heavy atom. The van der Waals surface area contributed by atoms with Crippen molar-refractivity contribution in [2.24, 2.45) is 4.99 Å². The molecule has 0 saturated heterocycles. The standard InChI is InChI=1S/C19H30N4O/c1-3-5-12-21-19(20-4-2)22-13-8-11-18(24)23-14-16-9-6-7-10-17(16)15-23/h6-7,9-10H,3-5,8,11-15H2,1-2H3,(H2,20,21,22). The lowest BCUT2D eigenvalue weighted by Crippen LogP contribution is -2.37. The smallest absolute Gasteiger partial charge is 0.223 e. The number of hydrogen-bond donors (Lipinski definition) is 2. The predicted molar refractivity (Wildman–Crippen MR) is 98.8 cm³/mol. The zero-order chi connectivity index (χ0) is 17.2. The number of carbonyl (C=O) groups excluding carboxylic acids is 1. The Morgan fingerprint density at radius 3 is 2.46 bits per heavy atom. The summed E-state index contributed by atoms with van der Waals surface area (Å²) in [4.78, 5) is 18.8. The maximum Gasteiger partial charge on any atom is 0.223 e. The van der Waals surface area contributed by atoms with Crippen LogP contribution in [0.15, 0.2) is 29.3 Å². The van der Waals surface area contributed by atoms with Crippen LogP contribution in [0.2, 0.25) is 0 Å². The summed E-state index contributed by atoms with van der Waals surface area (Å²) in [5.41, 5.74) is 2.55. The molecule has 1 aliphatic heterocycles. The number of unbranched alkanes of at least 4 members (excludes halogenated alkanes) is 1. The van der Waals surface area contributed by atoms with Gasteiger partial charge in [0.05, 0.1) is 0 Å². The van der Waals surface area contributed by atoms with Crippen molar-refractivity contribution in [1.29, 1.82) is 0 Å². The SMILES string of the molecule is CCCCNC(=NCCCC(=O)N1Cc2ccccc2C1)NCC. The van der Waals surface area contributed by atoms with Crippen LogP contribution < -0.4 is 10.6 Å². The normalized spacial score (nSPS) is 13.8. The van der Waals surface area contributed by atoms with Gasteiger partial charge >= 0.3 is 0 Å². The zero-order valence-electron chi connectivity index (χ0n) is 15.0. The molecule has 1 heterocycles. The summed E-state index contributed by atoms with van der Waals surface area (Å²) in [5.74, 6) is 1.08. The average molecular weight is 330 g/mol. The van der Waals surface area contributed by atoms with E-state index in [0.717, 1.165) is 45.0 Å². The van der Waals surface area contributed by atoms with Crippen molar-refractivity contribution in [1.82, 2.24) is 15.5 Å². The highest BCUT2D eigenvalue weighted by atomic mass is 16.2. The third kappa shape index (κ3) is 5.55. The lowest BCUT2D eigenvalue weighted by Gasteiger charge is -2.15. The molecule has 1 aromatic carbocycles. The van der Waals surface area contributed by atoms with Gasteiger partial charge in [-0.2, -0.15) is 0 Å². The first-order chi connectivity index (χ1) is 11.7. The average Bonchev–Trinajstić information content (AvgIpc) is 3.03. The molecule has 2 N–H and O–H groups in total. The molecule has 0 fully saturated rings. The Labute approximate surface area is 145 Å². The molecule has 0 aromatic heterocycles. The van der Waals surface area contributed by atoms with Crippen LogP contribution in [0.5, 0.6) is 0 Å². The second-order valence-corrected chi connectivity index (χ2v) is 6.16. The van der Waals surface area contributed by atoms with E-state index in [-0.39, 0.29) is 5.91 Å². The van der Waals surface area contributed by atoms with Crippen molar-refractivity contribution in [3.8, 4) is 0 Å². The number of guanidine groups is 1. The fourth-order valence-corrected chi connectivity index (χ4v) is 2.81. The summed E-state index contributed by atoms with van der Waals surface area (Å²) < 4.78 is 0. The van der Waals surface area contributed by atoms with Gasteiger partial charge < -0.3 is 15.5 Å². The minimum Gasteiger partial charge on any atom is -0.357 e. The number of nitrogens with zero attached hydrogens (tertiary/aromatic N) is 2. The number of rotatable bonds is 8. The zero-order valence-corrected chi connectivity index (χ0v) is 15.0. The molecule has 0 atom stereocenters. The van der Waals surface area contributed by atoms with Crippen molar-refractivity contribution in [2.45, 2.75) is 52.6 Å². The number of aliphatic imine (C=N–C) groups is 1. The number of hydrogen-bond acceptors (Lipinski definition) is 2. The molecule has 0 aliphatic carbocycles. The Kier molecular flexibility index (Phi) is 7.59. The lowest BCUT2D eigenvalue weighted by atomic mass is 10.1. The van der Waals surface area contributed by atoms with Crippen LogP contribution in [-0.4, -0.2) is 36.4 Å².